The van der Waals surface area contributed by atoms with Crippen LogP contribution in [0, 0.1) is 5.92 Å². The van der Waals surface area contributed by atoms with Crippen LogP contribution in [0.3, 0.4) is 0 Å². The molecule has 4 nitrogen and oxygen atoms in total. The lowest BCUT2D eigenvalue weighted by molar-refractivity contribution is 0.332. The molecule has 0 aliphatic carbocycles. The van der Waals surface area contributed by atoms with E-state index in [1.54, 1.807) is 0 Å². The summed E-state index contributed by atoms with van der Waals surface area (Å²) in [4.78, 5) is 11.6. The van der Waals surface area contributed by atoms with Crippen LogP contribution in [0.4, 0.5) is 0 Å². The van der Waals surface area contributed by atoms with E-state index < -0.39 is 0 Å². The highest BCUT2D eigenvalue weighted by atomic mass is 79.9. The van der Waals surface area contributed by atoms with Gasteiger partial charge < -0.3 is 9.47 Å². The van der Waals surface area contributed by atoms with Gasteiger partial charge in [-0.25, -0.2) is 9.97 Å². The van der Waals surface area contributed by atoms with Gasteiger partial charge >= 0.3 is 0 Å². The van der Waals surface area contributed by atoms with Crippen molar-refractivity contribution in [3.8, 4) is 0 Å². The number of likely N-dealkylation sites (tertiary alicyclic amines) is 1. The number of fused-ring (bicyclic) bond motifs is 1. The van der Waals surface area contributed by atoms with E-state index in [-0.39, 0.29) is 0 Å². The smallest absolute Gasteiger partial charge is 0.160 e. The van der Waals surface area contributed by atoms with Gasteiger partial charge in [-0.05, 0) is 47.4 Å². The van der Waals surface area contributed by atoms with Crippen LogP contribution in [0.5, 0.6) is 0 Å². The van der Waals surface area contributed by atoms with Crippen LogP contribution in [0.1, 0.15) is 19.2 Å². The molecule has 1 saturated heterocycles. The van der Waals surface area contributed by atoms with Crippen LogP contribution in [0.25, 0.3) is 11.2 Å². The summed E-state index contributed by atoms with van der Waals surface area (Å²) in [5, 5.41) is 0. The Labute approximate surface area is 132 Å². The summed E-state index contributed by atoms with van der Waals surface area (Å²) in [5.74, 6) is 2.01. The van der Waals surface area contributed by atoms with Crippen molar-refractivity contribution in [3.05, 3.63) is 22.6 Å². The number of nitrogens with zero attached hydrogens (tertiary/aromatic N) is 4. The molecule has 108 valence electrons. The van der Waals surface area contributed by atoms with Gasteiger partial charge in [-0.1, -0.05) is 6.92 Å². The monoisotopic (exact) mass is 356 g/mol. The maximum atomic E-state index is 6.05. The van der Waals surface area contributed by atoms with Crippen molar-refractivity contribution in [2.75, 3.05) is 19.6 Å². The molecule has 1 atom stereocenters. The molecule has 0 spiro atoms. The lowest BCUT2D eigenvalue weighted by Gasteiger charge is -2.15. The van der Waals surface area contributed by atoms with Crippen molar-refractivity contribution < 1.29 is 0 Å². The first-order chi connectivity index (χ1) is 9.71. The number of hydrogen-bond donors (Lipinski definition) is 0. The van der Waals surface area contributed by atoms with Gasteiger partial charge in [0.1, 0.15) is 11.3 Å². The number of aromatic nitrogens is 3. The van der Waals surface area contributed by atoms with Crippen molar-refractivity contribution in [1.82, 2.24) is 19.4 Å². The number of imidazole rings is 1. The van der Waals surface area contributed by atoms with Crippen LogP contribution in [-0.2, 0) is 12.4 Å². The number of hydrogen-bond acceptors (Lipinski definition) is 3. The molecule has 1 fully saturated rings. The van der Waals surface area contributed by atoms with Crippen LogP contribution >= 0.6 is 27.5 Å². The minimum atomic E-state index is 0.429. The molecule has 0 amide bonds. The van der Waals surface area contributed by atoms with Crippen molar-refractivity contribution in [3.63, 3.8) is 0 Å². The first-order valence-corrected chi connectivity index (χ1v) is 8.33. The van der Waals surface area contributed by atoms with E-state index in [1.165, 1.54) is 13.0 Å². The highest BCUT2D eigenvalue weighted by Crippen LogP contribution is 2.24. The average molecular weight is 358 g/mol. The molecule has 3 heterocycles. The van der Waals surface area contributed by atoms with Crippen molar-refractivity contribution >= 4 is 38.7 Å². The fraction of sp³-hybridized carbons (Fsp3) is 0.571. The minimum absolute atomic E-state index is 0.429. The number of halogens is 2. The van der Waals surface area contributed by atoms with E-state index in [0.717, 1.165) is 41.1 Å². The largest absolute Gasteiger partial charge is 0.311 e. The Balaban J connectivity index is 1.90. The summed E-state index contributed by atoms with van der Waals surface area (Å²) in [7, 11) is 0. The highest BCUT2D eigenvalue weighted by Gasteiger charge is 2.23. The van der Waals surface area contributed by atoms with Gasteiger partial charge in [0.05, 0.1) is 5.88 Å². The molecule has 0 bridgehead atoms. The fourth-order valence-corrected chi connectivity index (χ4v) is 3.46. The maximum Gasteiger partial charge on any atom is 0.160 e. The molecular weight excluding hydrogens is 340 g/mol. The van der Waals surface area contributed by atoms with E-state index in [4.69, 9.17) is 11.6 Å². The number of pyridine rings is 1. The van der Waals surface area contributed by atoms with E-state index in [9.17, 15) is 0 Å². The van der Waals surface area contributed by atoms with Crippen LogP contribution in [0.15, 0.2) is 16.7 Å². The predicted octanol–water partition coefficient (Wildman–Crippen LogP) is 3.27. The second kappa shape index (κ2) is 6.00. The fourth-order valence-electron chi connectivity index (χ4n) is 2.93. The van der Waals surface area contributed by atoms with Gasteiger partial charge in [0, 0.05) is 23.8 Å². The highest BCUT2D eigenvalue weighted by molar-refractivity contribution is 9.10. The van der Waals surface area contributed by atoms with E-state index in [2.05, 4.69) is 42.3 Å². The SMILES string of the molecule is CCN1CCC(Cn2c(CCl)nc3cc(Br)cnc32)C1. The van der Waals surface area contributed by atoms with Crippen LogP contribution in [0.2, 0.25) is 0 Å². The second-order valence-corrected chi connectivity index (χ2v) is 6.50. The Morgan fingerprint density at radius 3 is 3.05 bits per heavy atom. The molecule has 1 unspecified atom stereocenters. The predicted molar refractivity (Wildman–Crippen MR) is 85.0 cm³/mol. The molecule has 1 aliphatic heterocycles. The first kappa shape index (κ1) is 14.3. The molecule has 1 aliphatic rings. The van der Waals surface area contributed by atoms with E-state index in [0.29, 0.717) is 11.8 Å². The molecule has 2 aromatic rings. The van der Waals surface area contributed by atoms with Crippen molar-refractivity contribution in [1.29, 1.82) is 0 Å². The number of alkyl halides is 1. The van der Waals surface area contributed by atoms with Gasteiger partial charge in [-0.2, -0.15) is 0 Å². The number of rotatable bonds is 4. The molecule has 0 radical (unpaired) electrons. The zero-order chi connectivity index (χ0) is 14.1. The second-order valence-electron chi connectivity index (χ2n) is 5.32. The lowest BCUT2D eigenvalue weighted by atomic mass is 10.1. The van der Waals surface area contributed by atoms with Gasteiger partial charge in [0.25, 0.3) is 0 Å². The minimum Gasteiger partial charge on any atom is -0.311 e. The van der Waals surface area contributed by atoms with Crippen LogP contribution in [-0.4, -0.2) is 39.1 Å². The van der Waals surface area contributed by atoms with Gasteiger partial charge in [-0.15, -0.1) is 11.6 Å². The van der Waals surface area contributed by atoms with Crippen LogP contribution < -0.4 is 0 Å². The third kappa shape index (κ3) is 2.71. The Bertz CT molecular complexity index is 612. The Kier molecular flexibility index (Phi) is 4.29. The molecule has 20 heavy (non-hydrogen) atoms. The third-order valence-electron chi connectivity index (χ3n) is 4.01. The molecule has 0 N–H and O–H groups in total. The normalized spacial score (nSPS) is 20.1. The summed E-state index contributed by atoms with van der Waals surface area (Å²) in [6.07, 6.45) is 3.07. The zero-order valence-corrected chi connectivity index (χ0v) is 13.9. The lowest BCUT2D eigenvalue weighted by Crippen LogP contribution is -2.21. The third-order valence-corrected chi connectivity index (χ3v) is 4.68. The summed E-state index contributed by atoms with van der Waals surface area (Å²) >= 11 is 9.49. The Morgan fingerprint density at radius 1 is 1.50 bits per heavy atom. The van der Waals surface area contributed by atoms with E-state index in [1.807, 2.05) is 12.3 Å². The topological polar surface area (TPSA) is 34.0 Å². The Morgan fingerprint density at radius 2 is 2.35 bits per heavy atom. The van der Waals surface area contributed by atoms with Gasteiger partial charge in [0.2, 0.25) is 0 Å². The summed E-state index contributed by atoms with van der Waals surface area (Å²) in [6, 6.07) is 2.00. The summed E-state index contributed by atoms with van der Waals surface area (Å²) in [5.41, 5.74) is 1.86. The summed E-state index contributed by atoms with van der Waals surface area (Å²) < 4.78 is 3.15. The van der Waals surface area contributed by atoms with Crippen molar-refractivity contribution in [2.24, 2.45) is 5.92 Å². The maximum absolute atomic E-state index is 6.05. The molecule has 3 rings (SSSR count). The molecular formula is C14H18BrClN4. The van der Waals surface area contributed by atoms with E-state index >= 15 is 0 Å². The Hall–Kier alpha value is -0.650. The molecule has 6 heteroatoms. The van der Waals surface area contributed by atoms with Crippen molar-refractivity contribution in [2.45, 2.75) is 25.8 Å². The van der Waals surface area contributed by atoms with Gasteiger partial charge in [-0.3, -0.25) is 0 Å². The molecule has 0 saturated carbocycles. The molecule has 0 aromatic carbocycles. The standard InChI is InChI=1S/C14H18BrClN4/c1-2-19-4-3-10(8-19)9-20-13(6-16)18-12-5-11(15)7-17-14(12)20/h5,7,10H,2-4,6,8-9H2,1H3. The quantitative estimate of drug-likeness (QED) is 0.788. The molecule has 2 aromatic heterocycles. The average Bonchev–Trinajstić information content (AvgIpc) is 3.03. The first-order valence-electron chi connectivity index (χ1n) is 7.00. The summed E-state index contributed by atoms with van der Waals surface area (Å²) in [6.45, 7) is 6.67. The zero-order valence-electron chi connectivity index (χ0n) is 11.5. The van der Waals surface area contributed by atoms with Gasteiger partial charge in [0.15, 0.2) is 5.65 Å².